The first-order valence-corrected chi connectivity index (χ1v) is 10.8. The van der Waals surface area contributed by atoms with Gasteiger partial charge in [-0.15, -0.1) is 12.4 Å². The van der Waals surface area contributed by atoms with Crippen molar-refractivity contribution in [2.45, 2.75) is 44.3 Å². The van der Waals surface area contributed by atoms with Gasteiger partial charge in [0.1, 0.15) is 0 Å². The van der Waals surface area contributed by atoms with Crippen molar-refractivity contribution in [1.82, 2.24) is 15.5 Å². The van der Waals surface area contributed by atoms with E-state index in [0.29, 0.717) is 18.0 Å². The third-order valence-corrected chi connectivity index (χ3v) is 6.67. The molecule has 2 N–H and O–H groups in total. The van der Waals surface area contributed by atoms with E-state index in [-0.39, 0.29) is 12.4 Å². The summed E-state index contributed by atoms with van der Waals surface area (Å²) >= 11 is 0. The summed E-state index contributed by atoms with van der Waals surface area (Å²) in [5.41, 5.74) is 2.76. The van der Waals surface area contributed by atoms with Crippen LogP contribution in [0.2, 0.25) is 0 Å². The van der Waals surface area contributed by atoms with Crippen LogP contribution in [0.1, 0.15) is 30.4 Å². The predicted octanol–water partition coefficient (Wildman–Crippen LogP) is 2.23. The minimum absolute atomic E-state index is 0. The van der Waals surface area contributed by atoms with Crippen LogP contribution in [0.15, 0.2) is 12.1 Å². The molecule has 1 aromatic rings. The highest BCUT2D eigenvalue weighted by Gasteiger charge is 2.34. The average Bonchev–Trinajstić information content (AvgIpc) is 3.21. The van der Waals surface area contributed by atoms with Crippen molar-refractivity contribution in [3.8, 4) is 11.5 Å². The number of ether oxygens (including phenoxy) is 3. The van der Waals surface area contributed by atoms with Crippen LogP contribution in [0.25, 0.3) is 0 Å². The van der Waals surface area contributed by atoms with Gasteiger partial charge in [-0.05, 0) is 48.4 Å². The summed E-state index contributed by atoms with van der Waals surface area (Å²) in [6.45, 7) is 6.96. The third-order valence-electron chi connectivity index (χ3n) is 6.67. The van der Waals surface area contributed by atoms with Crippen molar-refractivity contribution >= 4 is 12.4 Å². The lowest BCUT2D eigenvalue weighted by atomic mass is 9.94. The number of rotatable bonds is 7. The van der Waals surface area contributed by atoms with Gasteiger partial charge in [0.05, 0.1) is 27.4 Å². The summed E-state index contributed by atoms with van der Waals surface area (Å²) in [7, 11) is 3.41. The molecule has 1 saturated carbocycles. The zero-order chi connectivity index (χ0) is 19.3. The Balaban J connectivity index is 0.00000240. The fraction of sp³-hybridized carbons (Fsp3) is 0.727. The molecule has 0 amide bonds. The van der Waals surface area contributed by atoms with Gasteiger partial charge in [-0.2, -0.15) is 0 Å². The lowest BCUT2D eigenvalue weighted by molar-refractivity contribution is 0.0523. The summed E-state index contributed by atoms with van der Waals surface area (Å²) in [5.74, 6) is 2.38. The van der Waals surface area contributed by atoms with Crippen LogP contribution < -0.4 is 20.1 Å². The van der Waals surface area contributed by atoms with Crippen molar-refractivity contribution in [3.63, 3.8) is 0 Å². The van der Waals surface area contributed by atoms with E-state index in [4.69, 9.17) is 14.2 Å². The lowest BCUT2D eigenvalue weighted by Crippen LogP contribution is -2.51. The van der Waals surface area contributed by atoms with Crippen LogP contribution in [0.5, 0.6) is 11.5 Å². The van der Waals surface area contributed by atoms with Gasteiger partial charge in [0.25, 0.3) is 0 Å². The van der Waals surface area contributed by atoms with Crippen LogP contribution in [-0.2, 0) is 17.7 Å². The zero-order valence-corrected chi connectivity index (χ0v) is 18.6. The second kappa shape index (κ2) is 10.8. The van der Waals surface area contributed by atoms with Crippen molar-refractivity contribution in [2.24, 2.45) is 5.92 Å². The molecule has 2 heterocycles. The van der Waals surface area contributed by atoms with E-state index in [1.54, 1.807) is 14.2 Å². The Morgan fingerprint density at radius 1 is 1.17 bits per heavy atom. The summed E-state index contributed by atoms with van der Waals surface area (Å²) in [5, 5.41) is 7.52. The molecular weight excluding hydrogens is 390 g/mol. The van der Waals surface area contributed by atoms with Gasteiger partial charge in [0, 0.05) is 44.8 Å². The Labute approximate surface area is 181 Å². The first-order chi connectivity index (χ1) is 13.8. The molecule has 0 spiro atoms. The molecule has 0 radical (unpaired) electrons. The molecule has 3 atom stereocenters. The number of methoxy groups -OCH3 is 2. The lowest BCUT2D eigenvalue weighted by Gasteiger charge is -2.34. The maximum absolute atomic E-state index is 5.69. The highest BCUT2D eigenvalue weighted by Crippen LogP contribution is 2.33. The molecule has 3 unspecified atom stereocenters. The number of hydrogen-bond acceptors (Lipinski definition) is 6. The van der Waals surface area contributed by atoms with Crippen molar-refractivity contribution in [1.29, 1.82) is 0 Å². The molecule has 1 aliphatic carbocycles. The van der Waals surface area contributed by atoms with E-state index in [1.807, 2.05) is 0 Å². The second-order valence-electron chi connectivity index (χ2n) is 8.29. The largest absolute Gasteiger partial charge is 0.493 e. The molecule has 2 fully saturated rings. The van der Waals surface area contributed by atoms with Crippen LogP contribution in [-0.4, -0.2) is 70.6 Å². The van der Waals surface area contributed by atoms with Gasteiger partial charge in [-0.1, -0.05) is 6.42 Å². The summed E-state index contributed by atoms with van der Waals surface area (Å²) < 4.78 is 16.6. The molecule has 3 aliphatic rings. The van der Waals surface area contributed by atoms with Crippen molar-refractivity contribution in [2.75, 3.05) is 53.6 Å². The number of benzene rings is 1. The normalized spacial score (nSPS) is 27.2. The molecule has 7 heteroatoms. The number of fused-ring (bicyclic) bond motifs is 1. The van der Waals surface area contributed by atoms with Crippen LogP contribution in [0, 0.1) is 5.92 Å². The Kier molecular flexibility index (Phi) is 8.45. The Morgan fingerprint density at radius 3 is 2.69 bits per heavy atom. The van der Waals surface area contributed by atoms with Gasteiger partial charge < -0.3 is 24.8 Å². The monoisotopic (exact) mass is 425 g/mol. The topological polar surface area (TPSA) is 55.0 Å². The molecule has 6 nitrogen and oxygen atoms in total. The standard InChI is InChI=1S/C22H35N3O3.ClH/c1-26-21-12-16-6-9-25(14-17(16)13-22(21)27-2)10-7-23-19-5-3-4-18(19)20-15-28-11-8-24-20;/h12-13,18-20,23-24H,3-11,14-15H2,1-2H3;1H. The van der Waals surface area contributed by atoms with Crippen molar-refractivity contribution in [3.05, 3.63) is 23.3 Å². The highest BCUT2D eigenvalue weighted by atomic mass is 35.5. The van der Waals surface area contributed by atoms with E-state index >= 15 is 0 Å². The number of halogens is 1. The fourth-order valence-electron chi connectivity index (χ4n) is 5.12. The van der Waals surface area contributed by atoms with Crippen LogP contribution in [0.4, 0.5) is 0 Å². The quantitative estimate of drug-likeness (QED) is 0.698. The van der Waals surface area contributed by atoms with E-state index in [0.717, 1.165) is 63.9 Å². The van der Waals surface area contributed by atoms with Gasteiger partial charge in [-0.3, -0.25) is 4.90 Å². The zero-order valence-electron chi connectivity index (χ0n) is 17.7. The number of nitrogens with one attached hydrogen (secondary N) is 2. The molecule has 2 aliphatic heterocycles. The smallest absolute Gasteiger partial charge is 0.161 e. The number of hydrogen-bond donors (Lipinski definition) is 2. The molecule has 164 valence electrons. The third kappa shape index (κ3) is 5.36. The summed E-state index contributed by atoms with van der Waals surface area (Å²) in [6.07, 6.45) is 5.02. The van der Waals surface area contributed by atoms with E-state index in [9.17, 15) is 0 Å². The highest BCUT2D eigenvalue weighted by molar-refractivity contribution is 5.85. The Bertz CT molecular complexity index is 654. The van der Waals surface area contributed by atoms with Gasteiger partial charge >= 0.3 is 0 Å². The van der Waals surface area contributed by atoms with Gasteiger partial charge in [0.15, 0.2) is 11.5 Å². The maximum atomic E-state index is 5.69. The average molecular weight is 426 g/mol. The molecule has 29 heavy (non-hydrogen) atoms. The molecular formula is C22H36ClN3O3. The van der Waals surface area contributed by atoms with E-state index in [1.165, 1.54) is 30.4 Å². The minimum atomic E-state index is 0. The predicted molar refractivity (Wildman–Crippen MR) is 118 cm³/mol. The first kappa shape index (κ1) is 22.6. The molecule has 0 bridgehead atoms. The van der Waals surface area contributed by atoms with Gasteiger partial charge in [-0.25, -0.2) is 0 Å². The Morgan fingerprint density at radius 2 is 1.97 bits per heavy atom. The maximum Gasteiger partial charge on any atom is 0.161 e. The summed E-state index contributed by atoms with van der Waals surface area (Å²) in [6, 6.07) is 5.44. The number of morpholine rings is 1. The van der Waals surface area contributed by atoms with Crippen molar-refractivity contribution < 1.29 is 14.2 Å². The minimum Gasteiger partial charge on any atom is -0.493 e. The van der Waals surface area contributed by atoms with Crippen LogP contribution >= 0.6 is 12.4 Å². The Hall–Kier alpha value is -1.05. The van der Waals surface area contributed by atoms with E-state index < -0.39 is 0 Å². The second-order valence-corrected chi connectivity index (χ2v) is 8.29. The SMILES string of the molecule is COc1cc2c(cc1OC)CN(CCNC1CCCC1C1COCCN1)CC2.Cl. The first-order valence-electron chi connectivity index (χ1n) is 10.8. The van der Waals surface area contributed by atoms with E-state index in [2.05, 4.69) is 27.7 Å². The summed E-state index contributed by atoms with van der Waals surface area (Å²) in [4.78, 5) is 2.55. The molecule has 1 saturated heterocycles. The van der Waals surface area contributed by atoms with Crippen LogP contribution in [0.3, 0.4) is 0 Å². The molecule has 0 aromatic heterocycles. The fourth-order valence-corrected chi connectivity index (χ4v) is 5.12. The molecule has 1 aromatic carbocycles. The molecule has 4 rings (SSSR count). The van der Waals surface area contributed by atoms with Gasteiger partial charge in [0.2, 0.25) is 0 Å². The number of nitrogens with zero attached hydrogens (tertiary/aromatic N) is 1.